The standard InChI is InChI=1S/C21H23F2N5O4/c1-32-15-5-3-14(4-6-15)26-21(31)28-11-10-27(19(28)18(29)25-9-8-24)20(30)13-2-7-16(22)17(23)12-13/h2-7,12,19H,8-11,24H2,1H3,(H,25,29)(H,26,31). The monoisotopic (exact) mass is 447 g/mol. The first-order chi connectivity index (χ1) is 15.3. The van der Waals surface area contributed by atoms with E-state index in [9.17, 15) is 23.2 Å². The van der Waals surface area contributed by atoms with Crippen molar-refractivity contribution in [2.75, 3.05) is 38.6 Å². The van der Waals surface area contributed by atoms with Crippen molar-refractivity contribution in [2.45, 2.75) is 6.17 Å². The zero-order valence-corrected chi connectivity index (χ0v) is 17.3. The highest BCUT2D eigenvalue weighted by Crippen LogP contribution is 2.22. The third-order valence-corrected chi connectivity index (χ3v) is 4.88. The summed E-state index contributed by atoms with van der Waals surface area (Å²) in [5.74, 6) is -3.01. The molecule has 4 amide bonds. The number of nitrogens with one attached hydrogen (secondary N) is 2. The Labute approximate surface area is 183 Å². The predicted octanol–water partition coefficient (Wildman–Crippen LogP) is 1.36. The zero-order valence-electron chi connectivity index (χ0n) is 17.3. The molecule has 2 aromatic carbocycles. The summed E-state index contributed by atoms with van der Waals surface area (Å²) in [5.41, 5.74) is 5.76. The van der Waals surface area contributed by atoms with E-state index in [2.05, 4.69) is 10.6 Å². The van der Waals surface area contributed by atoms with Crippen LogP contribution in [0.25, 0.3) is 0 Å². The van der Waals surface area contributed by atoms with Gasteiger partial charge in [-0.05, 0) is 42.5 Å². The van der Waals surface area contributed by atoms with Crippen molar-refractivity contribution in [1.82, 2.24) is 15.1 Å². The second kappa shape index (κ2) is 10.1. The summed E-state index contributed by atoms with van der Waals surface area (Å²) < 4.78 is 32.0. The van der Waals surface area contributed by atoms with E-state index in [1.54, 1.807) is 24.3 Å². The minimum absolute atomic E-state index is 0.0224. The van der Waals surface area contributed by atoms with Gasteiger partial charge in [-0.15, -0.1) is 0 Å². The predicted molar refractivity (Wildman–Crippen MR) is 112 cm³/mol. The summed E-state index contributed by atoms with van der Waals surface area (Å²) in [5, 5.41) is 5.24. The number of halogens is 2. The average molecular weight is 447 g/mol. The van der Waals surface area contributed by atoms with Crippen LogP contribution >= 0.6 is 0 Å². The molecule has 1 aliphatic heterocycles. The first-order valence-electron chi connectivity index (χ1n) is 9.81. The van der Waals surface area contributed by atoms with Gasteiger partial charge in [0.25, 0.3) is 11.8 Å². The van der Waals surface area contributed by atoms with Crippen molar-refractivity contribution in [3.8, 4) is 5.75 Å². The van der Waals surface area contributed by atoms with Crippen molar-refractivity contribution in [2.24, 2.45) is 5.73 Å². The number of methoxy groups -OCH3 is 1. The molecule has 32 heavy (non-hydrogen) atoms. The fourth-order valence-electron chi connectivity index (χ4n) is 3.29. The molecule has 170 valence electrons. The van der Waals surface area contributed by atoms with Crippen LogP contribution in [0.5, 0.6) is 5.75 Å². The first-order valence-corrected chi connectivity index (χ1v) is 9.81. The molecule has 0 bridgehead atoms. The summed E-state index contributed by atoms with van der Waals surface area (Å²) >= 11 is 0. The van der Waals surface area contributed by atoms with E-state index in [4.69, 9.17) is 10.5 Å². The van der Waals surface area contributed by atoms with Crippen LogP contribution in [0, 0.1) is 11.6 Å². The van der Waals surface area contributed by atoms with Gasteiger partial charge in [-0.25, -0.2) is 13.6 Å². The Hall–Kier alpha value is -3.73. The normalized spacial score (nSPS) is 15.4. The molecule has 0 spiro atoms. The third-order valence-electron chi connectivity index (χ3n) is 4.88. The van der Waals surface area contributed by atoms with E-state index in [-0.39, 0.29) is 31.7 Å². The number of ether oxygens (including phenoxy) is 1. The van der Waals surface area contributed by atoms with Crippen LogP contribution in [0.2, 0.25) is 0 Å². The third kappa shape index (κ3) is 4.94. The quantitative estimate of drug-likeness (QED) is 0.618. The van der Waals surface area contributed by atoms with Gasteiger partial charge < -0.3 is 26.0 Å². The average Bonchev–Trinajstić information content (AvgIpc) is 3.24. The Morgan fingerprint density at radius 1 is 1.06 bits per heavy atom. The first kappa shape index (κ1) is 22.9. The zero-order chi connectivity index (χ0) is 23.3. The van der Waals surface area contributed by atoms with Gasteiger partial charge in [-0.3, -0.25) is 14.5 Å². The molecule has 0 aromatic heterocycles. The maximum Gasteiger partial charge on any atom is 0.323 e. The Morgan fingerprint density at radius 3 is 2.38 bits per heavy atom. The second-order valence-electron chi connectivity index (χ2n) is 6.93. The lowest BCUT2D eigenvalue weighted by molar-refractivity contribution is -0.127. The lowest BCUT2D eigenvalue weighted by Crippen LogP contribution is -2.55. The number of urea groups is 1. The number of amides is 4. The van der Waals surface area contributed by atoms with E-state index < -0.39 is 35.6 Å². The van der Waals surface area contributed by atoms with Crippen LogP contribution in [0.4, 0.5) is 19.3 Å². The summed E-state index contributed by atoms with van der Waals surface area (Å²) in [6.45, 7) is 0.372. The van der Waals surface area contributed by atoms with Gasteiger partial charge in [-0.1, -0.05) is 0 Å². The number of benzene rings is 2. The second-order valence-corrected chi connectivity index (χ2v) is 6.93. The Kier molecular flexibility index (Phi) is 7.21. The minimum Gasteiger partial charge on any atom is -0.497 e. The number of hydrogen-bond donors (Lipinski definition) is 3. The highest BCUT2D eigenvalue weighted by Gasteiger charge is 2.43. The Morgan fingerprint density at radius 2 is 1.75 bits per heavy atom. The van der Waals surface area contributed by atoms with E-state index in [0.29, 0.717) is 11.4 Å². The molecule has 1 unspecified atom stereocenters. The molecule has 1 fully saturated rings. The van der Waals surface area contributed by atoms with Crippen LogP contribution in [0.1, 0.15) is 10.4 Å². The number of rotatable bonds is 6. The van der Waals surface area contributed by atoms with Crippen molar-refractivity contribution in [3.63, 3.8) is 0 Å². The molecule has 1 aliphatic rings. The molecule has 9 nitrogen and oxygen atoms in total. The summed E-state index contributed by atoms with van der Waals surface area (Å²) in [4.78, 5) is 41.0. The number of carbonyl (C=O) groups is 3. The molecular weight excluding hydrogens is 424 g/mol. The molecule has 1 saturated heterocycles. The lowest BCUT2D eigenvalue weighted by Gasteiger charge is -2.29. The van der Waals surface area contributed by atoms with E-state index in [0.717, 1.165) is 23.1 Å². The van der Waals surface area contributed by atoms with Crippen LogP contribution in [0.15, 0.2) is 42.5 Å². The summed E-state index contributed by atoms with van der Waals surface area (Å²) in [6, 6.07) is 8.66. The minimum atomic E-state index is -1.29. The van der Waals surface area contributed by atoms with Gasteiger partial charge in [0.2, 0.25) is 0 Å². The molecule has 3 rings (SSSR count). The maximum atomic E-state index is 13.6. The maximum absolute atomic E-state index is 13.6. The molecule has 0 saturated carbocycles. The fourth-order valence-corrected chi connectivity index (χ4v) is 3.29. The van der Waals surface area contributed by atoms with E-state index in [1.165, 1.54) is 12.0 Å². The van der Waals surface area contributed by atoms with Gasteiger partial charge >= 0.3 is 6.03 Å². The molecular formula is C21H23F2N5O4. The van der Waals surface area contributed by atoms with Crippen LogP contribution in [-0.2, 0) is 4.79 Å². The molecule has 0 aliphatic carbocycles. The lowest BCUT2D eigenvalue weighted by atomic mass is 10.2. The van der Waals surface area contributed by atoms with Gasteiger partial charge in [0.05, 0.1) is 7.11 Å². The summed E-state index contributed by atoms with van der Waals surface area (Å²) in [7, 11) is 1.51. The van der Waals surface area contributed by atoms with Crippen LogP contribution in [0.3, 0.4) is 0 Å². The van der Waals surface area contributed by atoms with E-state index in [1.807, 2.05) is 0 Å². The van der Waals surface area contributed by atoms with Gasteiger partial charge in [0, 0.05) is 37.4 Å². The van der Waals surface area contributed by atoms with Crippen molar-refractivity contribution >= 4 is 23.5 Å². The van der Waals surface area contributed by atoms with Gasteiger partial charge in [-0.2, -0.15) is 0 Å². The van der Waals surface area contributed by atoms with E-state index >= 15 is 0 Å². The van der Waals surface area contributed by atoms with Crippen molar-refractivity contribution in [3.05, 3.63) is 59.7 Å². The highest BCUT2D eigenvalue weighted by atomic mass is 19.2. The van der Waals surface area contributed by atoms with Gasteiger partial charge in [0.15, 0.2) is 17.8 Å². The highest BCUT2D eigenvalue weighted by molar-refractivity contribution is 6.00. The molecule has 1 atom stereocenters. The molecule has 4 N–H and O–H groups in total. The Bertz CT molecular complexity index is 1000. The number of hydrogen-bond acceptors (Lipinski definition) is 5. The number of nitrogens with zero attached hydrogens (tertiary/aromatic N) is 2. The van der Waals surface area contributed by atoms with Crippen molar-refractivity contribution < 1.29 is 27.9 Å². The fraction of sp³-hybridized carbons (Fsp3) is 0.286. The van der Waals surface area contributed by atoms with Crippen LogP contribution in [-0.4, -0.2) is 67.1 Å². The summed E-state index contributed by atoms with van der Waals surface area (Å²) in [6.07, 6.45) is -1.29. The number of carbonyl (C=O) groups excluding carboxylic acids is 3. The van der Waals surface area contributed by atoms with Crippen LogP contribution < -0.4 is 21.1 Å². The Balaban J connectivity index is 1.83. The largest absolute Gasteiger partial charge is 0.497 e. The SMILES string of the molecule is COc1ccc(NC(=O)N2CCN(C(=O)c3ccc(F)c(F)c3)C2C(=O)NCCN)cc1. The van der Waals surface area contributed by atoms with Crippen molar-refractivity contribution in [1.29, 1.82) is 0 Å². The topological polar surface area (TPSA) is 117 Å². The molecule has 11 heteroatoms. The smallest absolute Gasteiger partial charge is 0.323 e. The molecule has 1 heterocycles. The number of anilines is 1. The number of nitrogens with two attached hydrogens (primary N) is 1. The molecule has 0 radical (unpaired) electrons. The van der Waals surface area contributed by atoms with Gasteiger partial charge in [0.1, 0.15) is 5.75 Å². The molecule has 2 aromatic rings.